The van der Waals surface area contributed by atoms with Crippen LogP contribution in [0.3, 0.4) is 0 Å². The van der Waals surface area contributed by atoms with Gasteiger partial charge in [0.2, 0.25) is 0 Å². The molecule has 2 aromatic carbocycles. The zero-order valence-corrected chi connectivity index (χ0v) is 11.9. The fraction of sp³-hybridized carbons (Fsp3) is 0.0588. The van der Waals surface area contributed by atoms with E-state index in [4.69, 9.17) is 0 Å². The smallest absolute Gasteiger partial charge is 0.416 e. The van der Waals surface area contributed by atoms with Gasteiger partial charge in [0.1, 0.15) is 11.6 Å². The normalized spacial score (nSPS) is 11.7. The second kappa shape index (κ2) is 5.59. The predicted octanol–water partition coefficient (Wildman–Crippen LogP) is 4.58. The van der Waals surface area contributed by atoms with E-state index in [9.17, 15) is 27.5 Å². The largest absolute Gasteiger partial charge is 0.508 e. The fourth-order valence-corrected chi connectivity index (χ4v) is 2.45. The summed E-state index contributed by atoms with van der Waals surface area (Å²) in [5.41, 5.74) is -0.802. The maximum Gasteiger partial charge on any atom is 0.416 e. The first-order valence-corrected chi connectivity index (χ1v) is 6.75. The second-order valence-electron chi connectivity index (χ2n) is 5.10. The molecule has 0 atom stereocenters. The van der Waals surface area contributed by atoms with E-state index in [0.717, 1.165) is 12.1 Å². The molecule has 0 aliphatic rings. The van der Waals surface area contributed by atoms with Gasteiger partial charge in [0.25, 0.3) is 0 Å². The Kier molecular flexibility index (Phi) is 3.71. The molecule has 0 bridgehead atoms. The van der Waals surface area contributed by atoms with Crippen molar-refractivity contribution >= 4 is 17.2 Å². The summed E-state index contributed by atoms with van der Waals surface area (Å²) in [4.78, 5) is 15.5. The summed E-state index contributed by atoms with van der Waals surface area (Å²) < 4.78 is 52.1. The zero-order valence-electron chi connectivity index (χ0n) is 11.9. The number of carbonyl (C=O) groups excluding carboxylic acids is 1. The highest BCUT2D eigenvalue weighted by Gasteiger charge is 2.31. The van der Waals surface area contributed by atoms with Gasteiger partial charge in [-0.05, 0) is 24.3 Å². The highest BCUT2D eigenvalue weighted by Crippen LogP contribution is 2.35. The molecular weight excluding hydrogens is 326 g/mol. The van der Waals surface area contributed by atoms with Crippen LogP contribution in [0.15, 0.2) is 42.6 Å². The number of aromatic hydroxyl groups is 1. The number of halogens is 4. The Morgan fingerprint density at radius 1 is 1.04 bits per heavy atom. The van der Waals surface area contributed by atoms with Crippen molar-refractivity contribution in [3.8, 4) is 16.9 Å². The number of fused-ring (bicyclic) bond motifs is 1. The number of hydrogen-bond acceptors (Lipinski definition) is 3. The van der Waals surface area contributed by atoms with Gasteiger partial charge in [0.15, 0.2) is 6.29 Å². The average molecular weight is 335 g/mol. The lowest BCUT2D eigenvalue weighted by Gasteiger charge is -2.12. The maximum atomic E-state index is 14.2. The van der Waals surface area contributed by atoms with Crippen molar-refractivity contribution in [3.05, 3.63) is 59.5 Å². The lowest BCUT2D eigenvalue weighted by Crippen LogP contribution is -2.05. The van der Waals surface area contributed by atoms with Gasteiger partial charge in [-0.25, -0.2) is 4.39 Å². The van der Waals surface area contributed by atoms with Gasteiger partial charge in [-0.1, -0.05) is 6.07 Å². The van der Waals surface area contributed by atoms with Crippen molar-refractivity contribution in [2.45, 2.75) is 6.18 Å². The van der Waals surface area contributed by atoms with Crippen molar-refractivity contribution in [2.75, 3.05) is 0 Å². The number of phenols is 1. The number of nitrogens with zero attached hydrogens (tertiary/aromatic N) is 1. The van der Waals surface area contributed by atoms with Crippen molar-refractivity contribution in [1.82, 2.24) is 4.98 Å². The number of carbonyl (C=O) groups is 1. The lowest BCUT2D eigenvalue weighted by molar-refractivity contribution is -0.137. The summed E-state index contributed by atoms with van der Waals surface area (Å²) >= 11 is 0. The molecule has 0 saturated carbocycles. The van der Waals surface area contributed by atoms with E-state index in [1.165, 1.54) is 24.4 Å². The Balaban J connectivity index is 2.23. The topological polar surface area (TPSA) is 50.2 Å². The Hall–Kier alpha value is -2.96. The summed E-state index contributed by atoms with van der Waals surface area (Å²) in [6.45, 7) is 0. The van der Waals surface area contributed by atoms with Gasteiger partial charge >= 0.3 is 6.18 Å². The molecule has 0 amide bonds. The SMILES string of the molecule is O=Cc1c(-c2ccc(C(F)(F)F)cc2F)cnc2cc(O)ccc12. The summed E-state index contributed by atoms with van der Waals surface area (Å²) in [5, 5.41) is 9.80. The number of pyridine rings is 1. The monoisotopic (exact) mass is 335 g/mol. The minimum Gasteiger partial charge on any atom is -0.508 e. The number of aromatic nitrogens is 1. The standard InChI is InChI=1S/C17H9F4NO2/c18-15-5-9(17(19,20)21)1-3-11(15)13-7-22-16-6-10(24)2-4-12(16)14(13)8-23/h1-8,24H. The highest BCUT2D eigenvalue weighted by molar-refractivity contribution is 6.03. The minimum atomic E-state index is -4.66. The molecule has 1 aromatic heterocycles. The molecule has 0 unspecified atom stereocenters. The van der Waals surface area contributed by atoms with Gasteiger partial charge in [0, 0.05) is 34.3 Å². The van der Waals surface area contributed by atoms with E-state index in [1.54, 1.807) is 0 Å². The van der Waals surface area contributed by atoms with Crippen LogP contribution in [0.2, 0.25) is 0 Å². The molecule has 0 fully saturated rings. The van der Waals surface area contributed by atoms with E-state index in [-0.39, 0.29) is 22.4 Å². The van der Waals surface area contributed by atoms with Gasteiger partial charge in [-0.15, -0.1) is 0 Å². The van der Waals surface area contributed by atoms with Crippen LogP contribution in [0.1, 0.15) is 15.9 Å². The van der Waals surface area contributed by atoms with Crippen molar-refractivity contribution < 1.29 is 27.5 Å². The molecule has 0 aliphatic heterocycles. The maximum absolute atomic E-state index is 14.2. The summed E-state index contributed by atoms with van der Waals surface area (Å²) in [5.74, 6) is -1.16. The van der Waals surface area contributed by atoms with Crippen molar-refractivity contribution in [2.24, 2.45) is 0 Å². The van der Waals surface area contributed by atoms with Gasteiger partial charge in [-0.3, -0.25) is 9.78 Å². The number of rotatable bonds is 2. The van der Waals surface area contributed by atoms with Crippen LogP contribution in [0.25, 0.3) is 22.0 Å². The number of aldehydes is 1. The highest BCUT2D eigenvalue weighted by atomic mass is 19.4. The number of benzene rings is 2. The van der Waals surface area contributed by atoms with E-state index >= 15 is 0 Å². The molecule has 0 aliphatic carbocycles. The molecule has 0 saturated heterocycles. The first-order valence-electron chi connectivity index (χ1n) is 6.75. The van der Waals surface area contributed by atoms with Gasteiger partial charge < -0.3 is 5.11 Å². The summed E-state index contributed by atoms with van der Waals surface area (Å²) in [7, 11) is 0. The Labute approximate surface area is 133 Å². The Morgan fingerprint density at radius 3 is 2.42 bits per heavy atom. The molecule has 3 rings (SSSR count). The third-order valence-corrected chi connectivity index (χ3v) is 3.60. The van der Waals surface area contributed by atoms with Crippen LogP contribution < -0.4 is 0 Å². The van der Waals surface area contributed by atoms with Crippen LogP contribution >= 0.6 is 0 Å². The van der Waals surface area contributed by atoms with E-state index in [1.807, 2.05) is 0 Å². The molecule has 3 aromatic rings. The van der Waals surface area contributed by atoms with E-state index < -0.39 is 17.6 Å². The van der Waals surface area contributed by atoms with E-state index in [0.29, 0.717) is 23.3 Å². The Morgan fingerprint density at radius 2 is 1.79 bits per heavy atom. The molecule has 0 spiro atoms. The van der Waals surface area contributed by atoms with Crippen LogP contribution in [-0.4, -0.2) is 16.4 Å². The molecule has 7 heteroatoms. The average Bonchev–Trinajstić information content (AvgIpc) is 2.52. The van der Waals surface area contributed by atoms with Crippen LogP contribution in [-0.2, 0) is 6.18 Å². The predicted molar refractivity (Wildman–Crippen MR) is 79.2 cm³/mol. The number of phenolic OH excluding ortho intramolecular Hbond substituents is 1. The number of hydrogen-bond donors (Lipinski definition) is 1. The van der Waals surface area contributed by atoms with Crippen LogP contribution in [0, 0.1) is 5.82 Å². The molecule has 24 heavy (non-hydrogen) atoms. The quantitative estimate of drug-likeness (QED) is 0.551. The minimum absolute atomic E-state index is 0.0553. The van der Waals surface area contributed by atoms with Crippen LogP contribution in [0.5, 0.6) is 5.75 Å². The third-order valence-electron chi connectivity index (χ3n) is 3.60. The van der Waals surface area contributed by atoms with Crippen molar-refractivity contribution in [1.29, 1.82) is 0 Å². The van der Waals surface area contributed by atoms with Crippen LogP contribution in [0.4, 0.5) is 17.6 Å². The molecule has 0 radical (unpaired) electrons. The summed E-state index contributed by atoms with van der Waals surface area (Å²) in [6.07, 6.45) is -2.99. The first-order chi connectivity index (χ1) is 11.3. The van der Waals surface area contributed by atoms with Crippen molar-refractivity contribution in [3.63, 3.8) is 0 Å². The van der Waals surface area contributed by atoms with Gasteiger partial charge in [0.05, 0.1) is 11.1 Å². The lowest BCUT2D eigenvalue weighted by atomic mass is 9.97. The van der Waals surface area contributed by atoms with Gasteiger partial charge in [-0.2, -0.15) is 13.2 Å². The number of alkyl halides is 3. The summed E-state index contributed by atoms with van der Waals surface area (Å²) in [6, 6.07) is 6.19. The molecule has 122 valence electrons. The molecule has 1 heterocycles. The van der Waals surface area contributed by atoms with E-state index in [2.05, 4.69) is 4.98 Å². The second-order valence-corrected chi connectivity index (χ2v) is 5.10. The zero-order chi connectivity index (χ0) is 17.5. The molecule has 1 N–H and O–H groups in total. The first kappa shape index (κ1) is 15.9. The third kappa shape index (κ3) is 2.68. The fourth-order valence-electron chi connectivity index (χ4n) is 2.45. The molecule has 3 nitrogen and oxygen atoms in total. The Bertz CT molecular complexity index is 951. The molecular formula is C17H9F4NO2.